The number of aldehydes is 1. The summed E-state index contributed by atoms with van der Waals surface area (Å²) in [7, 11) is 2.05. The van der Waals surface area contributed by atoms with Gasteiger partial charge in [0.1, 0.15) is 0 Å². The highest BCUT2D eigenvalue weighted by atomic mass is 32.2. The van der Waals surface area contributed by atoms with Crippen LogP contribution in [0.3, 0.4) is 0 Å². The summed E-state index contributed by atoms with van der Waals surface area (Å²) in [5.74, 6) is 1.52. The predicted molar refractivity (Wildman–Crippen MR) is 82.5 cm³/mol. The molecule has 1 aromatic rings. The zero-order valence-corrected chi connectivity index (χ0v) is 13.2. The molecule has 0 saturated carbocycles. The van der Waals surface area contributed by atoms with Crippen LogP contribution < -0.4 is 4.90 Å². The Morgan fingerprint density at radius 2 is 2.28 bits per heavy atom. The molecule has 18 heavy (non-hydrogen) atoms. The monoisotopic (exact) mass is 286 g/mol. The molecule has 0 radical (unpaired) electrons. The normalized spacial score (nSPS) is 12.4. The zero-order valence-electron chi connectivity index (χ0n) is 11.6. The van der Waals surface area contributed by atoms with Gasteiger partial charge in [-0.05, 0) is 30.8 Å². The van der Waals surface area contributed by atoms with Crippen LogP contribution in [0.2, 0.25) is 0 Å². The fraction of sp³-hybridized carbons (Fsp3) is 0.692. The minimum absolute atomic E-state index is 0.356. The number of aromatic nitrogens is 1. The van der Waals surface area contributed by atoms with Crippen molar-refractivity contribution < 1.29 is 4.79 Å². The Labute approximate surface area is 118 Å². The van der Waals surface area contributed by atoms with Crippen LogP contribution in [0.1, 0.15) is 48.0 Å². The van der Waals surface area contributed by atoms with Crippen molar-refractivity contribution in [2.24, 2.45) is 0 Å². The average molecular weight is 286 g/mol. The molecule has 0 aromatic carbocycles. The Kier molecular flexibility index (Phi) is 6.71. The molecule has 0 aliphatic heterocycles. The molecule has 102 valence electrons. The van der Waals surface area contributed by atoms with E-state index in [9.17, 15) is 4.79 Å². The SMILES string of the molecule is CCC(C)c1nc(N(C)CCCSC)sc1C=O. The van der Waals surface area contributed by atoms with Crippen molar-refractivity contribution in [3.63, 3.8) is 0 Å². The molecule has 0 aliphatic rings. The van der Waals surface area contributed by atoms with E-state index < -0.39 is 0 Å². The standard InChI is InChI=1S/C13H22N2OS2/c1-5-10(2)12-11(9-16)18-13(14-12)15(3)7-6-8-17-4/h9-10H,5-8H2,1-4H3. The second-order valence-corrected chi connectivity index (χ2v) is 6.44. The van der Waals surface area contributed by atoms with Crippen LogP contribution in [0.4, 0.5) is 5.13 Å². The van der Waals surface area contributed by atoms with Crippen molar-refractivity contribution in [3.05, 3.63) is 10.6 Å². The zero-order chi connectivity index (χ0) is 13.5. The molecule has 0 bridgehead atoms. The Balaban J connectivity index is 2.77. The number of thiazole rings is 1. The van der Waals surface area contributed by atoms with Gasteiger partial charge in [-0.3, -0.25) is 4.79 Å². The van der Waals surface area contributed by atoms with E-state index in [2.05, 4.69) is 30.0 Å². The van der Waals surface area contributed by atoms with Gasteiger partial charge in [-0.2, -0.15) is 11.8 Å². The topological polar surface area (TPSA) is 33.2 Å². The Morgan fingerprint density at radius 1 is 1.56 bits per heavy atom. The van der Waals surface area contributed by atoms with Crippen LogP contribution in [0.5, 0.6) is 0 Å². The maximum atomic E-state index is 11.1. The van der Waals surface area contributed by atoms with Gasteiger partial charge in [0.05, 0.1) is 10.6 Å². The smallest absolute Gasteiger partial charge is 0.185 e. The number of rotatable bonds is 8. The van der Waals surface area contributed by atoms with E-state index in [4.69, 9.17) is 0 Å². The first-order chi connectivity index (χ1) is 8.63. The lowest BCUT2D eigenvalue weighted by molar-refractivity contribution is 0.112. The van der Waals surface area contributed by atoms with Crippen molar-refractivity contribution in [1.82, 2.24) is 4.98 Å². The highest BCUT2D eigenvalue weighted by Crippen LogP contribution is 2.30. The summed E-state index contributed by atoms with van der Waals surface area (Å²) in [6.45, 7) is 5.24. The summed E-state index contributed by atoms with van der Waals surface area (Å²) in [6.07, 6.45) is 5.22. The molecule has 0 amide bonds. The average Bonchev–Trinajstić information content (AvgIpc) is 2.82. The number of thioether (sulfide) groups is 1. The fourth-order valence-electron chi connectivity index (χ4n) is 1.67. The number of hydrogen-bond acceptors (Lipinski definition) is 5. The summed E-state index contributed by atoms with van der Waals surface area (Å²) in [5, 5.41) is 0.966. The van der Waals surface area contributed by atoms with Gasteiger partial charge in [0.15, 0.2) is 11.4 Å². The highest BCUT2D eigenvalue weighted by molar-refractivity contribution is 7.98. The molecule has 1 rings (SSSR count). The van der Waals surface area contributed by atoms with Crippen LogP contribution in [-0.2, 0) is 0 Å². The summed E-state index contributed by atoms with van der Waals surface area (Å²) in [4.78, 5) is 18.7. The highest BCUT2D eigenvalue weighted by Gasteiger charge is 2.17. The molecule has 0 spiro atoms. The van der Waals surface area contributed by atoms with Gasteiger partial charge in [0, 0.05) is 13.6 Å². The third kappa shape index (κ3) is 3.99. The molecule has 3 nitrogen and oxygen atoms in total. The number of carbonyl (C=O) groups excluding carboxylic acids is 1. The van der Waals surface area contributed by atoms with Gasteiger partial charge in [-0.15, -0.1) is 0 Å². The lowest BCUT2D eigenvalue weighted by Crippen LogP contribution is -2.18. The quantitative estimate of drug-likeness (QED) is 0.539. The summed E-state index contributed by atoms with van der Waals surface area (Å²) < 4.78 is 0. The van der Waals surface area contributed by atoms with E-state index in [0.717, 1.165) is 47.1 Å². The van der Waals surface area contributed by atoms with E-state index in [1.165, 1.54) is 11.3 Å². The van der Waals surface area contributed by atoms with Crippen molar-refractivity contribution in [3.8, 4) is 0 Å². The van der Waals surface area contributed by atoms with Crippen molar-refractivity contribution >= 4 is 34.5 Å². The maximum absolute atomic E-state index is 11.1. The molecule has 1 aromatic heterocycles. The van der Waals surface area contributed by atoms with Crippen LogP contribution in [0.25, 0.3) is 0 Å². The molecule has 5 heteroatoms. The molecule has 0 fully saturated rings. The predicted octanol–water partition coefficient (Wildman–Crippen LogP) is 3.66. The van der Waals surface area contributed by atoms with Crippen LogP contribution in [0.15, 0.2) is 0 Å². The van der Waals surface area contributed by atoms with Crippen LogP contribution >= 0.6 is 23.1 Å². The van der Waals surface area contributed by atoms with Crippen molar-refractivity contribution in [1.29, 1.82) is 0 Å². The molecule has 0 aliphatic carbocycles. The Bertz CT molecular complexity index is 379. The van der Waals surface area contributed by atoms with Gasteiger partial charge in [0.2, 0.25) is 0 Å². The van der Waals surface area contributed by atoms with Crippen molar-refractivity contribution in [2.75, 3.05) is 30.5 Å². The van der Waals surface area contributed by atoms with Gasteiger partial charge in [-0.1, -0.05) is 25.2 Å². The Hall–Kier alpha value is -0.550. The first-order valence-electron chi connectivity index (χ1n) is 6.30. The number of nitrogens with zero attached hydrogens (tertiary/aromatic N) is 2. The van der Waals surface area contributed by atoms with Gasteiger partial charge >= 0.3 is 0 Å². The number of carbonyl (C=O) groups is 1. The summed E-state index contributed by atoms with van der Waals surface area (Å²) in [6, 6.07) is 0. The van der Waals surface area contributed by atoms with Gasteiger partial charge < -0.3 is 4.90 Å². The molecule has 0 saturated heterocycles. The number of hydrogen-bond donors (Lipinski definition) is 0. The second kappa shape index (κ2) is 7.79. The summed E-state index contributed by atoms with van der Waals surface area (Å²) in [5.41, 5.74) is 0.962. The van der Waals surface area contributed by atoms with E-state index in [0.29, 0.717) is 5.92 Å². The molecule has 1 unspecified atom stereocenters. The third-order valence-corrected chi connectivity index (χ3v) is 4.83. The second-order valence-electron chi connectivity index (χ2n) is 4.44. The van der Waals surface area contributed by atoms with Crippen LogP contribution in [-0.4, -0.2) is 36.9 Å². The minimum Gasteiger partial charge on any atom is -0.351 e. The van der Waals surface area contributed by atoms with Crippen molar-refractivity contribution in [2.45, 2.75) is 32.6 Å². The first kappa shape index (κ1) is 15.5. The lowest BCUT2D eigenvalue weighted by atomic mass is 10.0. The Morgan fingerprint density at radius 3 is 2.83 bits per heavy atom. The van der Waals surface area contributed by atoms with Crippen LogP contribution in [0, 0.1) is 0 Å². The molecule has 1 atom stereocenters. The third-order valence-electron chi connectivity index (χ3n) is 3.02. The van der Waals surface area contributed by atoms with E-state index in [1.54, 1.807) is 0 Å². The van der Waals surface area contributed by atoms with E-state index >= 15 is 0 Å². The fourth-order valence-corrected chi connectivity index (χ4v) is 3.07. The molecular weight excluding hydrogens is 264 g/mol. The lowest BCUT2D eigenvalue weighted by Gasteiger charge is -2.15. The van der Waals surface area contributed by atoms with Gasteiger partial charge in [0.25, 0.3) is 0 Å². The van der Waals surface area contributed by atoms with Gasteiger partial charge in [-0.25, -0.2) is 4.98 Å². The first-order valence-corrected chi connectivity index (χ1v) is 8.51. The summed E-state index contributed by atoms with van der Waals surface area (Å²) >= 11 is 3.37. The van der Waals surface area contributed by atoms with E-state index in [-0.39, 0.29) is 0 Å². The maximum Gasteiger partial charge on any atom is 0.185 e. The molecular formula is C13H22N2OS2. The minimum atomic E-state index is 0.356. The largest absolute Gasteiger partial charge is 0.351 e. The van der Waals surface area contributed by atoms with E-state index in [1.807, 2.05) is 18.8 Å². The molecule has 0 N–H and O–H groups in total. The molecule has 1 heterocycles. The number of anilines is 1.